The van der Waals surface area contributed by atoms with Crippen LogP contribution in [0.4, 0.5) is 0 Å². The van der Waals surface area contributed by atoms with Gasteiger partial charge in [-0.1, -0.05) is 32.9 Å². The van der Waals surface area contributed by atoms with Gasteiger partial charge in [-0.15, -0.1) is 0 Å². The van der Waals surface area contributed by atoms with E-state index in [0.29, 0.717) is 17.3 Å². The van der Waals surface area contributed by atoms with Crippen LogP contribution in [0.5, 0.6) is 0 Å². The maximum Gasteiger partial charge on any atom is 0.226 e. The van der Waals surface area contributed by atoms with Gasteiger partial charge in [0.25, 0.3) is 0 Å². The standard InChI is InChI=1S/C15H27N3O/c1-11(10-15(2,3)4)9-13-17-14(18-19-13)12-5-7-16-8-6-12/h11-12,16H,5-10H2,1-4H3. The summed E-state index contributed by atoms with van der Waals surface area (Å²) in [6, 6.07) is 0. The largest absolute Gasteiger partial charge is 0.339 e. The average molecular weight is 265 g/mol. The van der Waals surface area contributed by atoms with Gasteiger partial charge in [0.15, 0.2) is 5.82 Å². The minimum atomic E-state index is 0.358. The van der Waals surface area contributed by atoms with E-state index < -0.39 is 0 Å². The van der Waals surface area contributed by atoms with Crippen LogP contribution in [0.25, 0.3) is 0 Å². The highest BCUT2D eigenvalue weighted by Gasteiger charge is 2.22. The number of aromatic nitrogens is 2. The van der Waals surface area contributed by atoms with Crippen molar-refractivity contribution in [2.45, 2.75) is 59.3 Å². The van der Waals surface area contributed by atoms with Crippen molar-refractivity contribution in [3.8, 4) is 0 Å². The summed E-state index contributed by atoms with van der Waals surface area (Å²) < 4.78 is 5.42. The molecule has 1 fully saturated rings. The van der Waals surface area contributed by atoms with Crippen LogP contribution in [-0.2, 0) is 6.42 Å². The third-order valence-electron chi connectivity index (χ3n) is 3.67. The zero-order valence-electron chi connectivity index (χ0n) is 12.7. The number of nitrogens with zero attached hydrogens (tertiary/aromatic N) is 2. The Morgan fingerprint density at radius 3 is 2.63 bits per heavy atom. The Bertz CT molecular complexity index is 388. The van der Waals surface area contributed by atoms with E-state index in [1.165, 1.54) is 6.42 Å². The number of piperidine rings is 1. The van der Waals surface area contributed by atoms with E-state index in [9.17, 15) is 0 Å². The molecule has 1 aliphatic rings. The summed E-state index contributed by atoms with van der Waals surface area (Å²) in [4.78, 5) is 4.60. The molecular formula is C15H27N3O. The maximum atomic E-state index is 5.42. The normalized spacial score (nSPS) is 19.6. The van der Waals surface area contributed by atoms with E-state index in [2.05, 4.69) is 43.2 Å². The van der Waals surface area contributed by atoms with Crippen molar-refractivity contribution in [2.24, 2.45) is 11.3 Å². The fourth-order valence-electron chi connectivity index (χ4n) is 3.01. The molecule has 1 N–H and O–H groups in total. The Hall–Kier alpha value is -0.900. The first-order valence-corrected chi connectivity index (χ1v) is 7.47. The van der Waals surface area contributed by atoms with Crippen molar-refractivity contribution < 1.29 is 4.52 Å². The molecule has 2 heterocycles. The molecule has 4 nitrogen and oxygen atoms in total. The molecule has 0 bridgehead atoms. The Labute approximate surface area is 116 Å². The van der Waals surface area contributed by atoms with Crippen molar-refractivity contribution in [3.05, 3.63) is 11.7 Å². The summed E-state index contributed by atoms with van der Waals surface area (Å²) in [6.45, 7) is 11.2. The molecular weight excluding hydrogens is 238 g/mol. The number of hydrogen-bond acceptors (Lipinski definition) is 4. The predicted octanol–water partition coefficient (Wildman–Crippen LogP) is 3.15. The van der Waals surface area contributed by atoms with Crippen LogP contribution in [-0.4, -0.2) is 23.2 Å². The van der Waals surface area contributed by atoms with E-state index in [0.717, 1.165) is 44.1 Å². The molecule has 2 rings (SSSR count). The van der Waals surface area contributed by atoms with Crippen molar-refractivity contribution in [1.29, 1.82) is 0 Å². The van der Waals surface area contributed by atoms with E-state index in [1.54, 1.807) is 0 Å². The molecule has 1 aromatic rings. The topological polar surface area (TPSA) is 51.0 Å². The molecule has 0 radical (unpaired) electrons. The van der Waals surface area contributed by atoms with Gasteiger partial charge in [-0.25, -0.2) is 0 Å². The van der Waals surface area contributed by atoms with Gasteiger partial charge in [0, 0.05) is 12.3 Å². The highest BCUT2D eigenvalue weighted by Crippen LogP contribution is 2.27. The molecule has 4 heteroatoms. The molecule has 0 aliphatic carbocycles. The summed E-state index contributed by atoms with van der Waals surface area (Å²) in [7, 11) is 0. The van der Waals surface area contributed by atoms with Gasteiger partial charge in [-0.2, -0.15) is 4.98 Å². The molecule has 1 aliphatic heterocycles. The fourth-order valence-corrected chi connectivity index (χ4v) is 3.01. The molecule has 19 heavy (non-hydrogen) atoms. The molecule has 0 saturated carbocycles. The zero-order valence-corrected chi connectivity index (χ0v) is 12.7. The quantitative estimate of drug-likeness (QED) is 0.908. The van der Waals surface area contributed by atoms with Gasteiger partial charge in [-0.05, 0) is 43.7 Å². The first kappa shape index (κ1) is 14.5. The Balaban J connectivity index is 1.89. The number of nitrogens with one attached hydrogen (secondary N) is 1. The van der Waals surface area contributed by atoms with E-state index >= 15 is 0 Å². The lowest BCUT2D eigenvalue weighted by Crippen LogP contribution is -2.27. The molecule has 1 saturated heterocycles. The van der Waals surface area contributed by atoms with Crippen LogP contribution in [0.3, 0.4) is 0 Å². The van der Waals surface area contributed by atoms with E-state index in [-0.39, 0.29) is 0 Å². The van der Waals surface area contributed by atoms with Gasteiger partial charge in [0.05, 0.1) is 0 Å². The summed E-state index contributed by atoms with van der Waals surface area (Å²) in [6.07, 6.45) is 4.32. The summed E-state index contributed by atoms with van der Waals surface area (Å²) >= 11 is 0. The van der Waals surface area contributed by atoms with Crippen molar-refractivity contribution >= 4 is 0 Å². The van der Waals surface area contributed by atoms with Crippen LogP contribution in [0.15, 0.2) is 4.52 Å². The molecule has 108 valence electrons. The van der Waals surface area contributed by atoms with Crippen LogP contribution in [0.1, 0.15) is 64.6 Å². The van der Waals surface area contributed by atoms with Gasteiger partial charge >= 0.3 is 0 Å². The van der Waals surface area contributed by atoms with Crippen LogP contribution >= 0.6 is 0 Å². The van der Waals surface area contributed by atoms with Gasteiger partial charge in [-0.3, -0.25) is 0 Å². The molecule has 0 spiro atoms. The fraction of sp³-hybridized carbons (Fsp3) is 0.867. The molecule has 1 unspecified atom stereocenters. The van der Waals surface area contributed by atoms with Gasteiger partial charge in [0.1, 0.15) is 0 Å². The molecule has 0 amide bonds. The first-order valence-electron chi connectivity index (χ1n) is 7.47. The Kier molecular flexibility index (Phi) is 4.61. The zero-order chi connectivity index (χ0) is 13.9. The lowest BCUT2D eigenvalue weighted by Gasteiger charge is -2.22. The minimum absolute atomic E-state index is 0.358. The van der Waals surface area contributed by atoms with Crippen molar-refractivity contribution in [2.75, 3.05) is 13.1 Å². The second-order valence-corrected chi connectivity index (χ2v) is 7.14. The van der Waals surface area contributed by atoms with Crippen molar-refractivity contribution in [1.82, 2.24) is 15.5 Å². The SMILES string of the molecule is CC(Cc1nc(C2CCNCC2)no1)CC(C)(C)C. The molecule has 1 aromatic heterocycles. The first-order chi connectivity index (χ1) is 8.94. The highest BCUT2D eigenvalue weighted by atomic mass is 16.5. The van der Waals surface area contributed by atoms with E-state index in [1.807, 2.05) is 0 Å². The van der Waals surface area contributed by atoms with E-state index in [4.69, 9.17) is 4.52 Å². The lowest BCUT2D eigenvalue weighted by molar-refractivity contribution is 0.281. The lowest BCUT2D eigenvalue weighted by atomic mass is 9.84. The van der Waals surface area contributed by atoms with Crippen LogP contribution < -0.4 is 5.32 Å². The molecule has 0 aromatic carbocycles. The summed E-state index contributed by atoms with van der Waals surface area (Å²) in [5.41, 5.74) is 0.358. The smallest absolute Gasteiger partial charge is 0.226 e. The monoisotopic (exact) mass is 265 g/mol. The average Bonchev–Trinajstić information content (AvgIpc) is 2.76. The minimum Gasteiger partial charge on any atom is -0.339 e. The van der Waals surface area contributed by atoms with Crippen LogP contribution in [0, 0.1) is 11.3 Å². The summed E-state index contributed by atoms with van der Waals surface area (Å²) in [5.74, 6) is 2.79. The third kappa shape index (κ3) is 4.60. The number of rotatable bonds is 4. The summed E-state index contributed by atoms with van der Waals surface area (Å²) in [5, 5.41) is 7.54. The Morgan fingerprint density at radius 2 is 2.00 bits per heavy atom. The van der Waals surface area contributed by atoms with Crippen LogP contribution in [0.2, 0.25) is 0 Å². The number of hydrogen-bond donors (Lipinski definition) is 1. The molecule has 1 atom stereocenters. The predicted molar refractivity (Wildman–Crippen MR) is 76.1 cm³/mol. The highest BCUT2D eigenvalue weighted by molar-refractivity contribution is 4.98. The maximum absolute atomic E-state index is 5.42. The second kappa shape index (κ2) is 6.04. The third-order valence-corrected chi connectivity index (χ3v) is 3.67. The van der Waals surface area contributed by atoms with Crippen molar-refractivity contribution in [3.63, 3.8) is 0 Å². The van der Waals surface area contributed by atoms with Gasteiger partial charge < -0.3 is 9.84 Å². The Morgan fingerprint density at radius 1 is 1.32 bits per heavy atom. The van der Waals surface area contributed by atoms with Gasteiger partial charge in [0.2, 0.25) is 5.89 Å². The second-order valence-electron chi connectivity index (χ2n) is 7.14.